The number of hydrogen-bond donors (Lipinski definition) is 1. The fourth-order valence-corrected chi connectivity index (χ4v) is 2.56. The lowest BCUT2D eigenvalue weighted by molar-refractivity contribution is 0.118. The van der Waals surface area contributed by atoms with E-state index in [9.17, 15) is 0 Å². The molecule has 0 spiro atoms. The molecule has 0 radical (unpaired) electrons. The highest BCUT2D eigenvalue weighted by molar-refractivity contribution is 5.92. The number of hydrogen-bond acceptors (Lipinski definition) is 6. The van der Waals surface area contributed by atoms with Gasteiger partial charge in [0.1, 0.15) is 24.1 Å². The first-order valence-corrected chi connectivity index (χ1v) is 6.10. The Morgan fingerprint density at radius 3 is 3.33 bits per heavy atom. The van der Waals surface area contributed by atoms with Gasteiger partial charge in [0.15, 0.2) is 5.65 Å². The number of H-pyrrole nitrogens is 1. The Kier molecular flexibility index (Phi) is 2.13. The first-order valence-electron chi connectivity index (χ1n) is 6.10. The normalized spacial score (nSPS) is 23.1. The third kappa shape index (κ3) is 1.37. The van der Waals surface area contributed by atoms with Crippen molar-refractivity contribution < 1.29 is 9.47 Å². The van der Waals surface area contributed by atoms with Gasteiger partial charge in [-0.05, 0) is 6.42 Å². The van der Waals surface area contributed by atoms with E-state index >= 15 is 0 Å². The first kappa shape index (κ1) is 10.1. The zero-order chi connectivity index (χ0) is 11.9. The van der Waals surface area contributed by atoms with Gasteiger partial charge in [0.2, 0.25) is 5.88 Å². The molecule has 1 N–H and O–H groups in total. The third-order valence-electron chi connectivity index (χ3n) is 3.43. The highest BCUT2D eigenvalue weighted by atomic mass is 16.5. The van der Waals surface area contributed by atoms with E-state index in [2.05, 4.69) is 25.1 Å². The molecule has 1 atom stereocenters. The zero-order valence-electron chi connectivity index (χ0n) is 9.80. The molecule has 18 heavy (non-hydrogen) atoms. The number of rotatable bonds is 0. The van der Waals surface area contributed by atoms with Crippen LogP contribution < -0.4 is 9.64 Å². The van der Waals surface area contributed by atoms with Gasteiger partial charge in [-0.25, -0.2) is 9.97 Å². The second-order valence-corrected chi connectivity index (χ2v) is 4.54. The lowest BCUT2D eigenvalue weighted by atomic mass is 10.2. The molecule has 0 bridgehead atoms. The molecule has 7 nitrogen and oxygen atoms in total. The number of aromatic nitrogens is 4. The van der Waals surface area contributed by atoms with E-state index in [0.29, 0.717) is 19.1 Å². The van der Waals surface area contributed by atoms with Crippen LogP contribution in [0.1, 0.15) is 6.42 Å². The Morgan fingerprint density at radius 1 is 1.33 bits per heavy atom. The Bertz CT molecular complexity index is 584. The molecule has 2 aliphatic heterocycles. The topological polar surface area (TPSA) is 76.2 Å². The smallest absolute Gasteiger partial charge is 0.246 e. The van der Waals surface area contributed by atoms with E-state index in [4.69, 9.17) is 9.47 Å². The average Bonchev–Trinajstić information content (AvgIpc) is 2.58. The van der Waals surface area contributed by atoms with Crippen LogP contribution in [0.15, 0.2) is 6.33 Å². The summed E-state index contributed by atoms with van der Waals surface area (Å²) in [6.45, 7) is 2.94. The lowest BCUT2D eigenvalue weighted by Gasteiger charge is -2.27. The van der Waals surface area contributed by atoms with Crippen molar-refractivity contribution in [2.75, 3.05) is 31.3 Å². The Balaban J connectivity index is 1.91. The number of anilines is 1. The molecule has 0 aromatic carbocycles. The maximum Gasteiger partial charge on any atom is 0.246 e. The number of nitrogens with zero attached hydrogens (tertiary/aromatic N) is 4. The second kappa shape index (κ2) is 3.81. The summed E-state index contributed by atoms with van der Waals surface area (Å²) in [6.07, 6.45) is 2.56. The van der Waals surface area contributed by atoms with Crippen LogP contribution in [0.2, 0.25) is 0 Å². The summed E-state index contributed by atoms with van der Waals surface area (Å²) in [7, 11) is 0. The Morgan fingerprint density at radius 2 is 2.33 bits per heavy atom. The number of ether oxygens (including phenoxy) is 2. The molecule has 4 rings (SSSR count). The quantitative estimate of drug-likeness (QED) is 0.723. The van der Waals surface area contributed by atoms with E-state index in [-0.39, 0.29) is 6.04 Å². The molecular weight excluding hydrogens is 234 g/mol. The van der Waals surface area contributed by atoms with Crippen molar-refractivity contribution in [3.63, 3.8) is 0 Å². The summed E-state index contributed by atoms with van der Waals surface area (Å²) in [4.78, 5) is 10.8. The summed E-state index contributed by atoms with van der Waals surface area (Å²) in [5, 5.41) is 7.90. The molecule has 1 unspecified atom stereocenters. The molecule has 0 aliphatic carbocycles. The summed E-state index contributed by atoms with van der Waals surface area (Å²) >= 11 is 0. The van der Waals surface area contributed by atoms with Crippen molar-refractivity contribution in [2.45, 2.75) is 12.5 Å². The fraction of sp³-hybridized carbons (Fsp3) is 0.545. The van der Waals surface area contributed by atoms with Crippen LogP contribution in [0.5, 0.6) is 5.88 Å². The van der Waals surface area contributed by atoms with Crippen LogP contribution in [-0.4, -0.2) is 52.6 Å². The van der Waals surface area contributed by atoms with Crippen molar-refractivity contribution >= 4 is 16.9 Å². The molecule has 2 aromatic heterocycles. The van der Waals surface area contributed by atoms with Gasteiger partial charge in [-0.3, -0.25) is 5.10 Å². The van der Waals surface area contributed by atoms with Crippen molar-refractivity contribution in [2.24, 2.45) is 0 Å². The van der Waals surface area contributed by atoms with Crippen LogP contribution in [0.25, 0.3) is 11.0 Å². The second-order valence-electron chi connectivity index (χ2n) is 4.54. The number of nitrogens with one attached hydrogen (secondary N) is 1. The summed E-state index contributed by atoms with van der Waals surface area (Å²) < 4.78 is 11.3. The van der Waals surface area contributed by atoms with Gasteiger partial charge >= 0.3 is 0 Å². The van der Waals surface area contributed by atoms with Crippen LogP contribution in [0.3, 0.4) is 0 Å². The van der Waals surface area contributed by atoms with Crippen molar-refractivity contribution in [3.05, 3.63) is 6.33 Å². The van der Waals surface area contributed by atoms with Crippen LogP contribution >= 0.6 is 0 Å². The minimum atomic E-state index is 0.194. The maximum atomic E-state index is 5.74. The molecule has 7 heteroatoms. The van der Waals surface area contributed by atoms with Crippen LogP contribution in [0, 0.1) is 0 Å². The van der Waals surface area contributed by atoms with E-state index in [1.165, 1.54) is 0 Å². The van der Waals surface area contributed by atoms with Crippen LogP contribution in [0.4, 0.5) is 5.82 Å². The molecule has 2 aromatic rings. The SMILES string of the molecule is c1nc2c3c(n[nH]c3n1)OCC1COCCCN21. The maximum absolute atomic E-state index is 5.74. The molecule has 4 heterocycles. The largest absolute Gasteiger partial charge is 0.474 e. The predicted octanol–water partition coefficient (Wildman–Crippen LogP) is 0.341. The van der Waals surface area contributed by atoms with E-state index < -0.39 is 0 Å². The van der Waals surface area contributed by atoms with Gasteiger partial charge in [-0.1, -0.05) is 0 Å². The van der Waals surface area contributed by atoms with Gasteiger partial charge in [-0.15, -0.1) is 5.10 Å². The average molecular weight is 247 g/mol. The van der Waals surface area contributed by atoms with Gasteiger partial charge in [0.05, 0.1) is 12.6 Å². The first-order chi connectivity index (χ1) is 8.93. The van der Waals surface area contributed by atoms with Crippen molar-refractivity contribution in [3.8, 4) is 5.88 Å². The van der Waals surface area contributed by atoms with Crippen LogP contribution in [-0.2, 0) is 4.74 Å². The molecule has 1 fully saturated rings. The zero-order valence-corrected chi connectivity index (χ0v) is 9.80. The van der Waals surface area contributed by atoms with Gasteiger partial charge < -0.3 is 14.4 Å². The summed E-state index contributed by atoms with van der Waals surface area (Å²) in [5.74, 6) is 1.49. The summed E-state index contributed by atoms with van der Waals surface area (Å²) in [5.41, 5.74) is 0.723. The van der Waals surface area contributed by atoms with E-state index in [1.54, 1.807) is 6.33 Å². The molecule has 1 saturated heterocycles. The molecule has 2 aliphatic rings. The standard InChI is InChI=1S/C11H13N5O2/c1-2-16-7(4-17-3-1)5-18-11-8-9(14-15-11)12-6-13-10(8)16/h6-7H,1-5H2,(H,12,13,14,15). The predicted molar refractivity (Wildman–Crippen MR) is 63.7 cm³/mol. The van der Waals surface area contributed by atoms with Gasteiger partial charge in [0.25, 0.3) is 0 Å². The van der Waals surface area contributed by atoms with E-state index in [0.717, 1.165) is 36.4 Å². The molecule has 0 amide bonds. The minimum Gasteiger partial charge on any atom is -0.474 e. The van der Waals surface area contributed by atoms with Gasteiger partial charge in [0, 0.05) is 13.2 Å². The number of aromatic amines is 1. The minimum absolute atomic E-state index is 0.194. The third-order valence-corrected chi connectivity index (χ3v) is 3.43. The molecule has 0 saturated carbocycles. The Hall–Kier alpha value is -1.89. The Labute approximate surface area is 103 Å². The fourth-order valence-electron chi connectivity index (χ4n) is 2.56. The highest BCUT2D eigenvalue weighted by Gasteiger charge is 2.30. The van der Waals surface area contributed by atoms with Crippen molar-refractivity contribution in [1.29, 1.82) is 0 Å². The highest BCUT2D eigenvalue weighted by Crippen LogP contribution is 2.34. The lowest BCUT2D eigenvalue weighted by Crippen LogP contribution is -2.41. The van der Waals surface area contributed by atoms with Gasteiger partial charge in [-0.2, -0.15) is 0 Å². The number of fused-ring (bicyclic) bond motifs is 2. The molecule has 94 valence electrons. The van der Waals surface area contributed by atoms with E-state index in [1.807, 2.05) is 0 Å². The van der Waals surface area contributed by atoms with Crippen molar-refractivity contribution in [1.82, 2.24) is 20.2 Å². The summed E-state index contributed by atoms with van der Waals surface area (Å²) in [6, 6.07) is 0.194. The molecular formula is C11H13N5O2. The monoisotopic (exact) mass is 247 g/mol.